The highest BCUT2D eigenvalue weighted by atomic mass is 16.7. The van der Waals surface area contributed by atoms with Crippen LogP contribution in [0.5, 0.6) is 0 Å². The Kier molecular flexibility index (Phi) is 6.51. The fourth-order valence-electron chi connectivity index (χ4n) is 5.46. The van der Waals surface area contributed by atoms with E-state index in [0.29, 0.717) is 25.8 Å². The Morgan fingerprint density at radius 1 is 1.05 bits per heavy atom. The van der Waals surface area contributed by atoms with Gasteiger partial charge in [0, 0.05) is 18.5 Å². The molecule has 4 fully saturated rings. The molecule has 2 aliphatic heterocycles. The Balaban J connectivity index is 1.10. The number of amides is 5. The Labute approximate surface area is 216 Å². The predicted molar refractivity (Wildman–Crippen MR) is 131 cm³/mol. The number of hydrogen-bond donors (Lipinski definition) is 3. The van der Waals surface area contributed by atoms with Crippen LogP contribution in [0.1, 0.15) is 58.4 Å². The number of hydrazine groups is 1. The first-order chi connectivity index (χ1) is 17.5. The fourth-order valence-corrected chi connectivity index (χ4v) is 5.46. The topological polar surface area (TPSA) is 129 Å². The van der Waals surface area contributed by atoms with E-state index in [-0.39, 0.29) is 42.0 Å². The average molecular weight is 514 g/mol. The summed E-state index contributed by atoms with van der Waals surface area (Å²) in [5.41, 5.74) is 5.29. The second-order valence-corrected chi connectivity index (χ2v) is 11.6. The maximum atomic E-state index is 13.2. The molecule has 2 bridgehead atoms. The van der Waals surface area contributed by atoms with Crippen LogP contribution < -0.4 is 16.2 Å². The summed E-state index contributed by atoms with van der Waals surface area (Å²) in [7, 11) is 0. The molecular weight excluding hydrogens is 478 g/mol. The van der Waals surface area contributed by atoms with E-state index in [2.05, 4.69) is 16.2 Å². The van der Waals surface area contributed by atoms with Crippen molar-refractivity contribution in [1.29, 1.82) is 0 Å². The van der Waals surface area contributed by atoms with Gasteiger partial charge in [0.15, 0.2) is 0 Å². The monoisotopic (exact) mass is 513 g/mol. The summed E-state index contributed by atoms with van der Waals surface area (Å²) in [5.74, 6) is -1.04. The van der Waals surface area contributed by atoms with Gasteiger partial charge in [-0.25, -0.2) is 9.59 Å². The number of rotatable bonds is 6. The van der Waals surface area contributed by atoms with Gasteiger partial charge in [0.2, 0.25) is 5.91 Å². The van der Waals surface area contributed by atoms with Gasteiger partial charge in [0.1, 0.15) is 18.2 Å². The lowest BCUT2D eigenvalue weighted by Crippen LogP contribution is -2.58. The first-order valence-electron chi connectivity index (χ1n) is 12.9. The number of hydrogen-bond acceptors (Lipinski definition) is 6. The van der Waals surface area contributed by atoms with E-state index in [1.165, 1.54) is 5.06 Å². The summed E-state index contributed by atoms with van der Waals surface area (Å²) < 4.78 is 5.23. The SMILES string of the molecule is CC(C)(C)OC(=O)NC1CC(C(=O)NNC(=O)[C@@H]2CC3(CC3)C3CN2C(=O)N3OCc2ccccc2)C1. The summed E-state index contributed by atoms with van der Waals surface area (Å²) in [6.45, 7) is 6.07. The van der Waals surface area contributed by atoms with Gasteiger partial charge >= 0.3 is 12.1 Å². The van der Waals surface area contributed by atoms with Crippen LogP contribution in [0.15, 0.2) is 30.3 Å². The molecule has 11 nitrogen and oxygen atoms in total. The highest BCUT2D eigenvalue weighted by molar-refractivity contribution is 5.91. The Hall–Kier alpha value is -3.34. The number of benzene rings is 1. The molecule has 0 aromatic heterocycles. The molecule has 3 N–H and O–H groups in total. The van der Waals surface area contributed by atoms with Crippen LogP contribution in [-0.2, 0) is 25.8 Å². The average Bonchev–Trinajstić information content (AvgIpc) is 3.53. The zero-order valence-corrected chi connectivity index (χ0v) is 21.5. The lowest BCUT2D eigenvalue weighted by Gasteiger charge is -2.36. The summed E-state index contributed by atoms with van der Waals surface area (Å²) in [6.07, 6.45) is 2.84. The second-order valence-electron chi connectivity index (χ2n) is 11.6. The number of urea groups is 1. The normalized spacial score (nSPS) is 27.4. The summed E-state index contributed by atoms with van der Waals surface area (Å²) in [6, 6.07) is 8.45. The Morgan fingerprint density at radius 2 is 1.73 bits per heavy atom. The molecule has 2 heterocycles. The third-order valence-corrected chi connectivity index (χ3v) is 7.72. The molecule has 2 saturated carbocycles. The van der Waals surface area contributed by atoms with Gasteiger partial charge in [-0.2, -0.15) is 5.06 Å². The van der Waals surface area contributed by atoms with Gasteiger partial charge in [0.25, 0.3) is 5.91 Å². The van der Waals surface area contributed by atoms with Crippen molar-refractivity contribution in [2.24, 2.45) is 11.3 Å². The molecule has 11 heteroatoms. The standard InChI is InChI=1S/C26H35N5O6/c1-25(2,3)37-23(34)27-18-11-17(12-18)21(32)28-29-22(33)19-13-26(9-10-26)20-14-30(19)24(35)31(20)36-15-16-7-5-4-6-8-16/h4-8,17-20H,9-15H2,1-3H3,(H,27,34)(H,28,32)(H,29,33)/t17?,18?,19-,20?/m0/s1. The number of fused-ring (bicyclic) bond motifs is 3. The number of alkyl carbamates (subject to hydrolysis) is 1. The molecule has 2 atom stereocenters. The molecule has 4 aliphatic rings. The minimum Gasteiger partial charge on any atom is -0.444 e. The quantitative estimate of drug-likeness (QED) is 0.501. The van der Waals surface area contributed by atoms with E-state index < -0.39 is 23.6 Å². The lowest BCUT2D eigenvalue weighted by molar-refractivity contribution is -0.153. The van der Waals surface area contributed by atoms with Gasteiger partial charge in [0.05, 0.1) is 6.04 Å². The molecule has 1 aromatic rings. The smallest absolute Gasteiger partial charge is 0.407 e. The first kappa shape index (κ1) is 25.3. The number of carbonyl (C=O) groups is 4. The van der Waals surface area contributed by atoms with E-state index in [0.717, 1.165) is 18.4 Å². The van der Waals surface area contributed by atoms with Crippen LogP contribution in [0.2, 0.25) is 0 Å². The minimum absolute atomic E-state index is 0.0771. The third-order valence-electron chi connectivity index (χ3n) is 7.72. The zero-order chi connectivity index (χ0) is 26.4. The van der Waals surface area contributed by atoms with Crippen LogP contribution in [0, 0.1) is 11.3 Å². The third kappa shape index (κ3) is 5.36. The number of nitrogens with zero attached hydrogens (tertiary/aromatic N) is 2. The van der Waals surface area contributed by atoms with Crippen molar-refractivity contribution in [1.82, 2.24) is 26.1 Å². The second kappa shape index (κ2) is 9.51. The predicted octanol–water partition coefficient (Wildman–Crippen LogP) is 2.23. The van der Waals surface area contributed by atoms with Crippen molar-refractivity contribution < 1.29 is 28.8 Å². The van der Waals surface area contributed by atoms with Crippen molar-refractivity contribution in [2.45, 2.75) is 83.2 Å². The van der Waals surface area contributed by atoms with Crippen LogP contribution >= 0.6 is 0 Å². The molecule has 5 amide bonds. The first-order valence-corrected chi connectivity index (χ1v) is 12.9. The molecule has 200 valence electrons. The lowest BCUT2D eigenvalue weighted by atomic mass is 9.80. The van der Waals surface area contributed by atoms with E-state index >= 15 is 0 Å². The van der Waals surface area contributed by atoms with E-state index in [1.54, 1.807) is 25.7 Å². The maximum Gasteiger partial charge on any atom is 0.407 e. The number of piperidine rings is 1. The van der Waals surface area contributed by atoms with E-state index in [4.69, 9.17) is 9.57 Å². The van der Waals surface area contributed by atoms with Crippen molar-refractivity contribution in [3.05, 3.63) is 35.9 Å². The van der Waals surface area contributed by atoms with Crippen molar-refractivity contribution in [2.75, 3.05) is 6.54 Å². The van der Waals surface area contributed by atoms with Crippen LogP contribution in [-0.4, -0.2) is 64.2 Å². The van der Waals surface area contributed by atoms with Crippen molar-refractivity contribution in [3.8, 4) is 0 Å². The van der Waals surface area contributed by atoms with Gasteiger partial charge in [-0.1, -0.05) is 30.3 Å². The number of nitrogens with one attached hydrogen (secondary N) is 3. The number of ether oxygens (including phenoxy) is 1. The van der Waals surface area contributed by atoms with Gasteiger partial charge < -0.3 is 15.0 Å². The molecule has 5 rings (SSSR count). The maximum absolute atomic E-state index is 13.2. The highest BCUT2D eigenvalue weighted by Gasteiger charge is 2.64. The molecular formula is C26H35N5O6. The van der Waals surface area contributed by atoms with E-state index in [9.17, 15) is 19.2 Å². The zero-order valence-electron chi connectivity index (χ0n) is 21.5. The van der Waals surface area contributed by atoms with Crippen molar-refractivity contribution >= 4 is 23.9 Å². The van der Waals surface area contributed by atoms with E-state index in [1.807, 2.05) is 30.3 Å². The van der Waals surface area contributed by atoms with Crippen LogP contribution in [0.4, 0.5) is 9.59 Å². The molecule has 37 heavy (non-hydrogen) atoms. The molecule has 1 spiro atoms. The van der Waals surface area contributed by atoms with Crippen LogP contribution in [0.25, 0.3) is 0 Å². The van der Waals surface area contributed by atoms with Gasteiger partial charge in [-0.3, -0.25) is 25.3 Å². The molecule has 0 radical (unpaired) electrons. The Bertz CT molecular complexity index is 1060. The Morgan fingerprint density at radius 3 is 2.38 bits per heavy atom. The van der Waals surface area contributed by atoms with Gasteiger partial charge in [-0.05, 0) is 63.9 Å². The largest absolute Gasteiger partial charge is 0.444 e. The fraction of sp³-hybridized carbons (Fsp3) is 0.615. The molecule has 2 aliphatic carbocycles. The molecule has 1 aromatic carbocycles. The van der Waals surface area contributed by atoms with Crippen LogP contribution in [0.3, 0.4) is 0 Å². The highest BCUT2D eigenvalue weighted by Crippen LogP contribution is 2.59. The van der Waals surface area contributed by atoms with Crippen molar-refractivity contribution in [3.63, 3.8) is 0 Å². The van der Waals surface area contributed by atoms with Gasteiger partial charge in [-0.15, -0.1) is 0 Å². The summed E-state index contributed by atoms with van der Waals surface area (Å²) in [4.78, 5) is 58.1. The summed E-state index contributed by atoms with van der Waals surface area (Å²) in [5, 5.41) is 4.21. The summed E-state index contributed by atoms with van der Waals surface area (Å²) >= 11 is 0. The molecule has 2 saturated heterocycles. The number of carbonyl (C=O) groups excluding carboxylic acids is 4. The molecule has 1 unspecified atom stereocenters. The number of hydroxylamine groups is 2. The minimum atomic E-state index is -0.667.